The predicted molar refractivity (Wildman–Crippen MR) is 130 cm³/mol. The minimum Gasteiger partial charge on any atom is -0.382 e. The molecule has 1 aliphatic heterocycles. The summed E-state index contributed by atoms with van der Waals surface area (Å²) in [4.78, 5) is 9.41. The lowest BCUT2D eigenvalue weighted by atomic mass is 10.2. The molecule has 166 valence electrons. The van der Waals surface area contributed by atoms with Crippen LogP contribution in [0.2, 0.25) is 0 Å². The first-order valence-corrected chi connectivity index (χ1v) is 10.6. The summed E-state index contributed by atoms with van der Waals surface area (Å²) in [6.45, 7) is 13.2. The number of anilines is 1. The zero-order valence-electron chi connectivity index (χ0n) is 17.8. The molecule has 2 rings (SSSR count). The van der Waals surface area contributed by atoms with Crippen LogP contribution in [0, 0.1) is 5.82 Å². The number of benzene rings is 1. The first-order chi connectivity index (χ1) is 13.7. The highest BCUT2D eigenvalue weighted by atomic mass is 127. The molecule has 0 bridgehead atoms. The van der Waals surface area contributed by atoms with Gasteiger partial charge in [-0.05, 0) is 51.0 Å². The maximum absolute atomic E-state index is 13.1. The molecule has 1 fully saturated rings. The molecule has 2 N–H and O–H groups in total. The van der Waals surface area contributed by atoms with Crippen LogP contribution in [0.1, 0.15) is 26.7 Å². The highest BCUT2D eigenvalue weighted by Gasteiger charge is 2.16. The van der Waals surface area contributed by atoms with Gasteiger partial charge in [0.25, 0.3) is 0 Å². The number of hydrogen-bond acceptors (Lipinski definition) is 4. The lowest BCUT2D eigenvalue weighted by Gasteiger charge is -2.36. The molecule has 0 radical (unpaired) electrons. The van der Waals surface area contributed by atoms with Gasteiger partial charge in [-0.25, -0.2) is 4.39 Å². The minimum atomic E-state index is -0.180. The van der Waals surface area contributed by atoms with Crippen molar-refractivity contribution in [3.63, 3.8) is 0 Å². The number of nitrogens with zero attached hydrogens (tertiary/aromatic N) is 3. The van der Waals surface area contributed by atoms with E-state index in [1.165, 1.54) is 12.1 Å². The van der Waals surface area contributed by atoms with Crippen LogP contribution in [0.4, 0.5) is 10.1 Å². The molecule has 0 atom stereocenters. The van der Waals surface area contributed by atoms with Gasteiger partial charge in [0.15, 0.2) is 5.96 Å². The van der Waals surface area contributed by atoms with E-state index in [1.54, 1.807) is 0 Å². The van der Waals surface area contributed by atoms with Crippen molar-refractivity contribution in [3.05, 3.63) is 30.1 Å². The van der Waals surface area contributed by atoms with Gasteiger partial charge in [-0.15, -0.1) is 24.0 Å². The molecule has 29 heavy (non-hydrogen) atoms. The number of halogens is 2. The van der Waals surface area contributed by atoms with Crippen LogP contribution in [0.3, 0.4) is 0 Å². The second-order valence-electron chi connectivity index (χ2n) is 6.90. The number of nitrogens with one attached hydrogen (secondary N) is 2. The fourth-order valence-electron chi connectivity index (χ4n) is 3.21. The number of piperazine rings is 1. The Balaban J connectivity index is 0.00000420. The summed E-state index contributed by atoms with van der Waals surface area (Å²) in [5, 5.41) is 6.74. The van der Waals surface area contributed by atoms with Crippen LogP contribution >= 0.6 is 24.0 Å². The molecule has 1 aromatic carbocycles. The van der Waals surface area contributed by atoms with E-state index in [0.717, 1.165) is 90.1 Å². The largest absolute Gasteiger partial charge is 0.382 e. The summed E-state index contributed by atoms with van der Waals surface area (Å²) >= 11 is 0. The Labute approximate surface area is 192 Å². The van der Waals surface area contributed by atoms with Crippen molar-refractivity contribution < 1.29 is 9.13 Å². The maximum Gasteiger partial charge on any atom is 0.191 e. The smallest absolute Gasteiger partial charge is 0.191 e. The average Bonchev–Trinajstić information content (AvgIpc) is 2.72. The first-order valence-electron chi connectivity index (χ1n) is 10.6. The van der Waals surface area contributed by atoms with Gasteiger partial charge in [-0.3, -0.25) is 9.89 Å². The van der Waals surface area contributed by atoms with Gasteiger partial charge in [-0.1, -0.05) is 0 Å². The molecule has 0 spiro atoms. The topological polar surface area (TPSA) is 52.1 Å². The highest BCUT2D eigenvalue weighted by Crippen LogP contribution is 2.16. The molecule has 0 saturated carbocycles. The van der Waals surface area contributed by atoms with E-state index in [9.17, 15) is 4.39 Å². The summed E-state index contributed by atoms with van der Waals surface area (Å²) in [5.41, 5.74) is 1.10. The molecule has 6 nitrogen and oxygen atoms in total. The number of hydrogen-bond donors (Lipinski definition) is 2. The standard InChI is InChI=1S/C21H36FN5O.HI/c1-3-23-21(24-11-5-6-18-28-4-2)25-12-13-26-14-16-27(17-15-26)20-9-7-19(22)8-10-20;/h7-10H,3-6,11-18H2,1-2H3,(H2,23,24,25);1H. The average molecular weight is 521 g/mol. The lowest BCUT2D eigenvalue weighted by molar-refractivity contribution is 0.144. The summed E-state index contributed by atoms with van der Waals surface area (Å²) in [5.74, 6) is 0.713. The normalized spacial score (nSPS) is 15.1. The van der Waals surface area contributed by atoms with Gasteiger partial charge in [0.05, 0.1) is 0 Å². The fourth-order valence-corrected chi connectivity index (χ4v) is 3.21. The Bertz CT molecular complexity index is 565. The monoisotopic (exact) mass is 521 g/mol. The molecule has 1 aliphatic rings. The Hall–Kier alpha value is -1.13. The van der Waals surface area contributed by atoms with E-state index in [2.05, 4.69) is 32.3 Å². The fraction of sp³-hybridized carbons (Fsp3) is 0.667. The van der Waals surface area contributed by atoms with Gasteiger partial charge < -0.3 is 20.3 Å². The number of unbranched alkanes of at least 4 members (excludes halogenated alkanes) is 1. The van der Waals surface area contributed by atoms with Crippen molar-refractivity contribution in [1.82, 2.24) is 15.5 Å². The van der Waals surface area contributed by atoms with E-state index in [4.69, 9.17) is 4.74 Å². The molecule has 0 aromatic heterocycles. The second-order valence-corrected chi connectivity index (χ2v) is 6.90. The predicted octanol–water partition coefficient (Wildman–Crippen LogP) is 2.94. The van der Waals surface area contributed by atoms with E-state index < -0.39 is 0 Å². The Morgan fingerprint density at radius 3 is 2.45 bits per heavy atom. The van der Waals surface area contributed by atoms with E-state index in [1.807, 2.05) is 19.1 Å². The molecular formula is C21H37FIN5O. The third kappa shape index (κ3) is 10.5. The van der Waals surface area contributed by atoms with Crippen molar-refractivity contribution in [2.24, 2.45) is 4.99 Å². The summed E-state index contributed by atoms with van der Waals surface area (Å²) in [6, 6.07) is 6.79. The summed E-state index contributed by atoms with van der Waals surface area (Å²) in [6.07, 6.45) is 2.09. The van der Waals surface area contributed by atoms with Crippen molar-refractivity contribution in [3.8, 4) is 0 Å². The van der Waals surface area contributed by atoms with Crippen LogP contribution in [0.15, 0.2) is 29.3 Å². The SMILES string of the molecule is CCNC(=NCCCCOCC)NCCN1CCN(c2ccc(F)cc2)CC1.I. The molecule has 1 heterocycles. The van der Waals surface area contributed by atoms with Crippen molar-refractivity contribution in [2.45, 2.75) is 26.7 Å². The molecular weight excluding hydrogens is 484 g/mol. The van der Waals surface area contributed by atoms with Gasteiger partial charge in [0, 0.05) is 71.3 Å². The molecule has 8 heteroatoms. The van der Waals surface area contributed by atoms with E-state index in [0.29, 0.717) is 0 Å². The summed E-state index contributed by atoms with van der Waals surface area (Å²) in [7, 11) is 0. The number of rotatable bonds is 11. The Kier molecular flexibility index (Phi) is 14.0. The number of guanidine groups is 1. The van der Waals surface area contributed by atoms with Crippen molar-refractivity contribution in [1.29, 1.82) is 0 Å². The lowest BCUT2D eigenvalue weighted by Crippen LogP contribution is -2.49. The minimum absolute atomic E-state index is 0. The van der Waals surface area contributed by atoms with Crippen LogP contribution in [0.25, 0.3) is 0 Å². The second kappa shape index (κ2) is 15.7. The van der Waals surface area contributed by atoms with Gasteiger partial charge in [0.1, 0.15) is 5.82 Å². The van der Waals surface area contributed by atoms with Crippen molar-refractivity contribution >= 4 is 35.6 Å². The van der Waals surface area contributed by atoms with E-state index >= 15 is 0 Å². The molecule has 1 aromatic rings. The van der Waals surface area contributed by atoms with E-state index in [-0.39, 0.29) is 29.8 Å². The zero-order chi connectivity index (χ0) is 20.0. The molecule has 0 aliphatic carbocycles. The molecule has 1 saturated heterocycles. The van der Waals surface area contributed by atoms with Gasteiger partial charge in [0.2, 0.25) is 0 Å². The van der Waals surface area contributed by atoms with Crippen LogP contribution < -0.4 is 15.5 Å². The third-order valence-electron chi connectivity index (χ3n) is 4.80. The van der Waals surface area contributed by atoms with Crippen molar-refractivity contribution in [2.75, 3.05) is 70.5 Å². The molecule has 0 amide bonds. The number of ether oxygens (including phenoxy) is 1. The highest BCUT2D eigenvalue weighted by molar-refractivity contribution is 14.0. The van der Waals surface area contributed by atoms with Crippen LogP contribution in [0.5, 0.6) is 0 Å². The summed E-state index contributed by atoms with van der Waals surface area (Å²) < 4.78 is 18.4. The first kappa shape index (κ1) is 25.9. The van der Waals surface area contributed by atoms with Gasteiger partial charge >= 0.3 is 0 Å². The van der Waals surface area contributed by atoms with Crippen LogP contribution in [-0.4, -0.2) is 76.4 Å². The quantitative estimate of drug-likeness (QED) is 0.203. The van der Waals surface area contributed by atoms with Crippen LogP contribution in [-0.2, 0) is 4.74 Å². The third-order valence-corrected chi connectivity index (χ3v) is 4.80. The Morgan fingerprint density at radius 1 is 1.07 bits per heavy atom. The van der Waals surface area contributed by atoms with Gasteiger partial charge in [-0.2, -0.15) is 0 Å². The maximum atomic E-state index is 13.1. The zero-order valence-corrected chi connectivity index (χ0v) is 20.2. The Morgan fingerprint density at radius 2 is 1.79 bits per heavy atom. The molecule has 0 unspecified atom stereocenters. The number of aliphatic imine (C=N–C) groups is 1.